The maximum atomic E-state index is 11.0. The number of carbonyl (C=O) groups excluding carboxylic acids is 1. The van der Waals surface area contributed by atoms with Crippen molar-refractivity contribution in [3.63, 3.8) is 0 Å². The van der Waals surface area contributed by atoms with Crippen LogP contribution in [0.3, 0.4) is 0 Å². The molecule has 0 bridgehead atoms. The fraction of sp³-hybridized carbons (Fsp3) is 0.417. The van der Waals surface area contributed by atoms with Crippen molar-refractivity contribution in [1.82, 2.24) is 0 Å². The zero-order valence-electron chi connectivity index (χ0n) is 9.21. The molecule has 3 heteroatoms. The summed E-state index contributed by atoms with van der Waals surface area (Å²) in [6, 6.07) is 8.17. The van der Waals surface area contributed by atoms with Crippen molar-refractivity contribution in [3.8, 4) is 0 Å². The third-order valence-corrected chi connectivity index (χ3v) is 4.20. The summed E-state index contributed by atoms with van der Waals surface area (Å²) in [5.74, 6) is 0.810. The lowest BCUT2D eigenvalue weighted by Crippen LogP contribution is -2.21. The molecule has 0 heterocycles. The SMILES string of the molecule is CC(=O)SCC(C)(C)c1ccccc1Br. The van der Waals surface area contributed by atoms with E-state index >= 15 is 0 Å². The van der Waals surface area contributed by atoms with Gasteiger partial charge in [-0.25, -0.2) is 0 Å². The van der Waals surface area contributed by atoms with Crippen LogP contribution in [0.25, 0.3) is 0 Å². The minimum absolute atomic E-state index is 0.0103. The fourth-order valence-electron chi connectivity index (χ4n) is 1.37. The van der Waals surface area contributed by atoms with E-state index in [0.29, 0.717) is 0 Å². The lowest BCUT2D eigenvalue weighted by Gasteiger charge is -2.25. The van der Waals surface area contributed by atoms with Gasteiger partial charge in [-0.1, -0.05) is 59.7 Å². The third-order valence-electron chi connectivity index (χ3n) is 2.24. The summed E-state index contributed by atoms with van der Waals surface area (Å²) < 4.78 is 1.11. The van der Waals surface area contributed by atoms with Gasteiger partial charge >= 0.3 is 0 Å². The molecule has 1 aromatic carbocycles. The summed E-state index contributed by atoms with van der Waals surface area (Å²) in [5, 5.41) is 0.176. The zero-order valence-corrected chi connectivity index (χ0v) is 11.6. The Morgan fingerprint density at radius 2 is 2.00 bits per heavy atom. The van der Waals surface area contributed by atoms with Gasteiger partial charge in [0.05, 0.1) is 0 Å². The minimum Gasteiger partial charge on any atom is -0.288 e. The molecule has 0 aliphatic rings. The Morgan fingerprint density at radius 3 is 2.53 bits per heavy atom. The van der Waals surface area contributed by atoms with Crippen molar-refractivity contribution < 1.29 is 4.79 Å². The molecule has 1 rings (SSSR count). The lowest BCUT2D eigenvalue weighted by molar-refractivity contribution is -0.109. The maximum Gasteiger partial charge on any atom is 0.185 e. The number of thioether (sulfide) groups is 1. The zero-order chi connectivity index (χ0) is 11.5. The van der Waals surface area contributed by atoms with Crippen molar-refractivity contribution >= 4 is 32.8 Å². The Kier molecular flexibility index (Phi) is 4.41. The molecule has 0 saturated heterocycles. The normalized spacial score (nSPS) is 11.5. The predicted octanol–water partition coefficient (Wildman–Crippen LogP) is 4.01. The number of rotatable bonds is 3. The molecular formula is C12H15BrOS. The van der Waals surface area contributed by atoms with Crippen molar-refractivity contribution in [3.05, 3.63) is 34.3 Å². The first-order chi connectivity index (χ1) is 6.93. The quantitative estimate of drug-likeness (QED) is 0.835. The number of benzene rings is 1. The standard InChI is InChI=1S/C12H15BrOS/c1-9(14)15-8-12(2,3)10-6-4-5-7-11(10)13/h4-7H,8H2,1-3H3. The van der Waals surface area contributed by atoms with Gasteiger partial charge < -0.3 is 0 Å². The second-order valence-electron chi connectivity index (χ2n) is 4.14. The monoisotopic (exact) mass is 286 g/mol. The molecule has 82 valence electrons. The maximum absolute atomic E-state index is 11.0. The van der Waals surface area contributed by atoms with E-state index in [0.717, 1.165) is 10.2 Å². The highest BCUT2D eigenvalue weighted by Crippen LogP contribution is 2.32. The molecule has 0 amide bonds. The van der Waals surface area contributed by atoms with E-state index in [1.807, 2.05) is 18.2 Å². The molecule has 1 nitrogen and oxygen atoms in total. The molecule has 1 aromatic rings. The summed E-state index contributed by atoms with van der Waals surface area (Å²) >= 11 is 4.93. The molecule has 0 aliphatic heterocycles. The van der Waals surface area contributed by atoms with Crippen LogP contribution >= 0.6 is 27.7 Å². The van der Waals surface area contributed by atoms with Crippen LogP contribution in [0.4, 0.5) is 0 Å². The van der Waals surface area contributed by atoms with Crippen LogP contribution < -0.4 is 0 Å². The van der Waals surface area contributed by atoms with Crippen LogP contribution in [0.1, 0.15) is 26.3 Å². The first-order valence-electron chi connectivity index (χ1n) is 4.82. The molecule has 0 aromatic heterocycles. The smallest absolute Gasteiger partial charge is 0.185 e. The minimum atomic E-state index is 0.0103. The molecule has 15 heavy (non-hydrogen) atoms. The molecule has 0 atom stereocenters. The second kappa shape index (κ2) is 5.17. The molecule has 0 spiro atoms. The second-order valence-corrected chi connectivity index (χ2v) is 6.15. The van der Waals surface area contributed by atoms with Gasteiger partial charge in [-0.3, -0.25) is 4.79 Å². The lowest BCUT2D eigenvalue weighted by atomic mass is 9.87. The highest BCUT2D eigenvalue weighted by Gasteiger charge is 2.23. The molecular weight excluding hydrogens is 272 g/mol. The van der Waals surface area contributed by atoms with Crippen molar-refractivity contribution in [1.29, 1.82) is 0 Å². The molecule has 0 unspecified atom stereocenters. The largest absolute Gasteiger partial charge is 0.288 e. The third kappa shape index (κ3) is 3.65. The van der Waals surface area contributed by atoms with E-state index < -0.39 is 0 Å². The van der Waals surface area contributed by atoms with E-state index in [2.05, 4.69) is 35.8 Å². The van der Waals surface area contributed by atoms with Crippen LogP contribution in [0.5, 0.6) is 0 Å². The Hall–Kier alpha value is -0.280. The summed E-state index contributed by atoms with van der Waals surface area (Å²) in [6.45, 7) is 5.92. The van der Waals surface area contributed by atoms with Gasteiger partial charge in [0, 0.05) is 22.6 Å². The van der Waals surface area contributed by atoms with Gasteiger partial charge in [0.25, 0.3) is 0 Å². The van der Waals surface area contributed by atoms with Crippen molar-refractivity contribution in [2.45, 2.75) is 26.2 Å². The van der Waals surface area contributed by atoms with E-state index in [1.165, 1.54) is 17.3 Å². The topological polar surface area (TPSA) is 17.1 Å². The summed E-state index contributed by atoms with van der Waals surface area (Å²) in [4.78, 5) is 11.0. The average Bonchev–Trinajstić information content (AvgIpc) is 2.15. The molecule has 0 radical (unpaired) electrons. The van der Waals surface area contributed by atoms with Crippen LogP contribution in [0.15, 0.2) is 28.7 Å². The van der Waals surface area contributed by atoms with Gasteiger partial charge in [-0.2, -0.15) is 0 Å². The van der Waals surface area contributed by atoms with Crippen LogP contribution in [0, 0.1) is 0 Å². The van der Waals surface area contributed by atoms with Crippen LogP contribution in [-0.4, -0.2) is 10.9 Å². The highest BCUT2D eigenvalue weighted by molar-refractivity contribution is 9.10. The molecule has 0 N–H and O–H groups in total. The number of halogens is 1. The number of hydrogen-bond donors (Lipinski definition) is 0. The van der Waals surface area contributed by atoms with Gasteiger partial charge in [0.15, 0.2) is 5.12 Å². The fourth-order valence-corrected chi connectivity index (χ4v) is 2.91. The van der Waals surface area contributed by atoms with E-state index in [-0.39, 0.29) is 10.5 Å². The number of carbonyl (C=O) groups is 1. The highest BCUT2D eigenvalue weighted by atomic mass is 79.9. The molecule has 0 aliphatic carbocycles. The Morgan fingerprint density at radius 1 is 1.40 bits per heavy atom. The summed E-state index contributed by atoms with van der Waals surface area (Å²) in [6.07, 6.45) is 0. The predicted molar refractivity (Wildman–Crippen MR) is 70.3 cm³/mol. The Labute approximate surface area is 104 Å². The van der Waals surface area contributed by atoms with Crippen LogP contribution in [-0.2, 0) is 10.2 Å². The summed E-state index contributed by atoms with van der Waals surface area (Å²) in [5.41, 5.74) is 1.26. The molecule has 0 fully saturated rings. The van der Waals surface area contributed by atoms with Gasteiger partial charge in [0.1, 0.15) is 0 Å². The van der Waals surface area contributed by atoms with Crippen LogP contribution in [0.2, 0.25) is 0 Å². The molecule has 0 saturated carbocycles. The van der Waals surface area contributed by atoms with Gasteiger partial charge in [0.2, 0.25) is 0 Å². The number of hydrogen-bond acceptors (Lipinski definition) is 2. The van der Waals surface area contributed by atoms with Crippen molar-refractivity contribution in [2.24, 2.45) is 0 Å². The summed E-state index contributed by atoms with van der Waals surface area (Å²) in [7, 11) is 0. The average molecular weight is 287 g/mol. The first kappa shape index (κ1) is 12.8. The van der Waals surface area contributed by atoms with E-state index in [4.69, 9.17) is 0 Å². The van der Waals surface area contributed by atoms with Gasteiger partial charge in [-0.15, -0.1) is 0 Å². The van der Waals surface area contributed by atoms with E-state index in [9.17, 15) is 4.79 Å². The van der Waals surface area contributed by atoms with Gasteiger partial charge in [-0.05, 0) is 11.6 Å². The first-order valence-corrected chi connectivity index (χ1v) is 6.60. The van der Waals surface area contributed by atoms with E-state index in [1.54, 1.807) is 6.92 Å². The Balaban J connectivity index is 2.85. The van der Waals surface area contributed by atoms with Crippen molar-refractivity contribution in [2.75, 3.05) is 5.75 Å². The Bertz CT molecular complexity index is 360.